The van der Waals surface area contributed by atoms with E-state index >= 15 is 0 Å². The predicted octanol–water partition coefficient (Wildman–Crippen LogP) is 5.10. The van der Waals surface area contributed by atoms with E-state index in [1.54, 1.807) is 0 Å². The topological polar surface area (TPSA) is 55.1 Å². The minimum absolute atomic E-state index is 0.162. The van der Waals surface area contributed by atoms with Crippen LogP contribution in [0.3, 0.4) is 0 Å². The standard InChI is InChI=1S/C26H36N2O2/c1-5-28-16(2)18(15-27-28)12-17-13-23-21-7-6-19-14-20(29)8-10-25(19,3)22(21)9-11-26(23,4)24(17)30/h6,12,15,20-23,29H,5,7-11,13-14H2,1-4H3/b17-12+/t20-,21+,22-,23-,25+,26-/m1/s1. The van der Waals surface area contributed by atoms with Gasteiger partial charge in [0.15, 0.2) is 5.78 Å². The zero-order chi connectivity index (χ0) is 21.3. The number of aliphatic hydroxyl groups is 1. The maximum absolute atomic E-state index is 13.6. The van der Waals surface area contributed by atoms with Crippen LogP contribution in [0.5, 0.6) is 0 Å². The van der Waals surface area contributed by atoms with Gasteiger partial charge in [-0.3, -0.25) is 9.48 Å². The van der Waals surface area contributed by atoms with E-state index in [1.807, 2.05) is 10.9 Å². The Hall–Kier alpha value is -1.68. The van der Waals surface area contributed by atoms with E-state index in [1.165, 1.54) is 5.57 Å². The van der Waals surface area contributed by atoms with Gasteiger partial charge < -0.3 is 5.11 Å². The molecule has 1 aromatic heterocycles. The van der Waals surface area contributed by atoms with Gasteiger partial charge in [-0.05, 0) is 93.6 Å². The molecule has 0 aliphatic heterocycles. The van der Waals surface area contributed by atoms with Crippen LogP contribution in [0.4, 0.5) is 0 Å². The molecule has 162 valence electrons. The fourth-order valence-electron chi connectivity index (χ4n) is 7.55. The minimum Gasteiger partial charge on any atom is -0.393 e. The normalized spacial score (nSPS) is 42.0. The molecule has 4 aliphatic rings. The van der Waals surface area contributed by atoms with Gasteiger partial charge in [-0.1, -0.05) is 25.5 Å². The summed E-state index contributed by atoms with van der Waals surface area (Å²) in [6.07, 6.45) is 13.3. The summed E-state index contributed by atoms with van der Waals surface area (Å²) in [4.78, 5) is 13.6. The Bertz CT molecular complexity index is 941. The number of ketones is 1. The average molecular weight is 409 g/mol. The highest BCUT2D eigenvalue weighted by Crippen LogP contribution is 2.64. The van der Waals surface area contributed by atoms with E-state index in [-0.39, 0.29) is 16.9 Å². The van der Waals surface area contributed by atoms with E-state index < -0.39 is 0 Å². The molecule has 0 aromatic carbocycles. The fourth-order valence-corrected chi connectivity index (χ4v) is 7.55. The lowest BCUT2D eigenvalue weighted by Gasteiger charge is -2.56. The molecule has 0 spiro atoms. The summed E-state index contributed by atoms with van der Waals surface area (Å²) in [6.45, 7) is 9.74. The van der Waals surface area contributed by atoms with Gasteiger partial charge in [0.05, 0.1) is 12.3 Å². The summed E-state index contributed by atoms with van der Waals surface area (Å²) < 4.78 is 2.00. The number of nitrogens with zero attached hydrogens (tertiary/aromatic N) is 2. The third-order valence-electron chi connectivity index (χ3n) is 9.49. The molecule has 1 N–H and O–H groups in total. The summed E-state index contributed by atoms with van der Waals surface area (Å²) >= 11 is 0. The lowest BCUT2D eigenvalue weighted by molar-refractivity contribution is -0.130. The molecule has 1 aromatic rings. The number of hydrogen-bond donors (Lipinski definition) is 1. The lowest BCUT2D eigenvalue weighted by atomic mass is 9.48. The van der Waals surface area contributed by atoms with E-state index in [4.69, 9.17) is 0 Å². The van der Waals surface area contributed by atoms with Crippen molar-refractivity contribution in [3.63, 3.8) is 0 Å². The van der Waals surface area contributed by atoms with Crippen molar-refractivity contribution in [1.82, 2.24) is 9.78 Å². The van der Waals surface area contributed by atoms with Gasteiger partial charge in [0, 0.05) is 23.2 Å². The maximum atomic E-state index is 13.6. The summed E-state index contributed by atoms with van der Waals surface area (Å²) in [6, 6.07) is 0. The Morgan fingerprint density at radius 2 is 1.97 bits per heavy atom. The molecule has 3 fully saturated rings. The number of carbonyl (C=O) groups is 1. The van der Waals surface area contributed by atoms with Crippen LogP contribution in [0.25, 0.3) is 6.08 Å². The molecule has 3 saturated carbocycles. The second-order valence-electron chi connectivity index (χ2n) is 10.8. The third-order valence-corrected chi connectivity index (χ3v) is 9.49. The number of hydrogen-bond acceptors (Lipinski definition) is 3. The number of rotatable bonds is 2. The summed E-state index contributed by atoms with van der Waals surface area (Å²) in [5, 5.41) is 14.7. The maximum Gasteiger partial charge on any atom is 0.165 e. The van der Waals surface area contributed by atoms with E-state index in [0.717, 1.165) is 68.3 Å². The summed E-state index contributed by atoms with van der Waals surface area (Å²) in [5.74, 6) is 2.06. The van der Waals surface area contributed by atoms with Crippen molar-refractivity contribution in [2.75, 3.05) is 0 Å². The van der Waals surface area contributed by atoms with Crippen molar-refractivity contribution >= 4 is 11.9 Å². The molecule has 4 nitrogen and oxygen atoms in total. The first-order valence-electron chi connectivity index (χ1n) is 11.9. The number of aromatic nitrogens is 2. The summed E-state index contributed by atoms with van der Waals surface area (Å²) in [5.41, 5.74) is 4.76. The van der Waals surface area contributed by atoms with Gasteiger partial charge in [-0.15, -0.1) is 0 Å². The second kappa shape index (κ2) is 6.91. The number of Topliss-reactive ketones (excluding diaryl/α,β-unsaturated/α-hetero) is 1. The van der Waals surface area contributed by atoms with Crippen molar-refractivity contribution in [2.24, 2.45) is 28.6 Å². The van der Waals surface area contributed by atoms with Gasteiger partial charge >= 0.3 is 0 Å². The number of fused-ring (bicyclic) bond motifs is 5. The monoisotopic (exact) mass is 408 g/mol. The van der Waals surface area contributed by atoms with Crippen molar-refractivity contribution in [2.45, 2.75) is 85.3 Å². The predicted molar refractivity (Wildman–Crippen MR) is 119 cm³/mol. The van der Waals surface area contributed by atoms with Gasteiger partial charge in [-0.2, -0.15) is 5.10 Å². The van der Waals surface area contributed by atoms with Gasteiger partial charge in [0.25, 0.3) is 0 Å². The van der Waals surface area contributed by atoms with Crippen LogP contribution >= 0.6 is 0 Å². The van der Waals surface area contributed by atoms with Crippen LogP contribution in [-0.4, -0.2) is 26.8 Å². The van der Waals surface area contributed by atoms with Gasteiger partial charge in [0.2, 0.25) is 0 Å². The molecule has 0 unspecified atom stereocenters. The van der Waals surface area contributed by atoms with E-state index in [0.29, 0.717) is 23.5 Å². The van der Waals surface area contributed by atoms with Crippen LogP contribution in [0, 0.1) is 35.5 Å². The molecule has 0 amide bonds. The van der Waals surface area contributed by atoms with E-state index in [2.05, 4.69) is 44.9 Å². The molecular formula is C26H36N2O2. The lowest BCUT2D eigenvalue weighted by Crippen LogP contribution is -2.50. The third kappa shape index (κ3) is 2.75. The molecule has 4 aliphatic carbocycles. The van der Waals surface area contributed by atoms with Crippen LogP contribution in [0.1, 0.15) is 77.0 Å². The van der Waals surface area contributed by atoms with Crippen LogP contribution in [0.2, 0.25) is 0 Å². The quantitative estimate of drug-likeness (QED) is 0.547. The first-order chi connectivity index (χ1) is 14.3. The second-order valence-corrected chi connectivity index (χ2v) is 10.8. The first kappa shape index (κ1) is 20.2. The highest BCUT2D eigenvalue weighted by atomic mass is 16.3. The van der Waals surface area contributed by atoms with Crippen LogP contribution < -0.4 is 0 Å². The highest BCUT2D eigenvalue weighted by Gasteiger charge is 2.59. The number of allylic oxidation sites excluding steroid dienone is 2. The van der Waals surface area contributed by atoms with Crippen LogP contribution in [0.15, 0.2) is 23.4 Å². The Balaban J connectivity index is 1.48. The molecule has 30 heavy (non-hydrogen) atoms. The SMILES string of the molecule is CCn1ncc(/C=C2\C[C@@H]3[C@H]4CC=C5C[C@H](O)CC[C@]5(C)[C@@H]4CC[C@@]3(C)C2=O)c1C. The molecule has 4 heteroatoms. The minimum atomic E-state index is -0.211. The Labute approximate surface area is 180 Å². The first-order valence-corrected chi connectivity index (χ1v) is 11.9. The smallest absolute Gasteiger partial charge is 0.165 e. The fraction of sp³-hybridized carbons (Fsp3) is 0.692. The molecule has 5 rings (SSSR count). The number of aryl methyl sites for hydroxylation is 1. The van der Waals surface area contributed by atoms with Crippen molar-refractivity contribution in [3.8, 4) is 0 Å². The molecular weight excluding hydrogens is 372 g/mol. The Kier molecular flexibility index (Phi) is 4.66. The number of aliphatic hydroxyl groups excluding tert-OH is 1. The van der Waals surface area contributed by atoms with Crippen LogP contribution in [-0.2, 0) is 11.3 Å². The molecule has 1 heterocycles. The molecule has 0 saturated heterocycles. The number of carbonyl (C=O) groups excluding carboxylic acids is 1. The molecule has 0 radical (unpaired) electrons. The zero-order valence-electron chi connectivity index (χ0n) is 18.9. The van der Waals surface area contributed by atoms with Crippen molar-refractivity contribution < 1.29 is 9.90 Å². The summed E-state index contributed by atoms with van der Waals surface area (Å²) in [7, 11) is 0. The molecule has 0 bridgehead atoms. The largest absolute Gasteiger partial charge is 0.393 e. The van der Waals surface area contributed by atoms with E-state index in [9.17, 15) is 9.90 Å². The zero-order valence-corrected chi connectivity index (χ0v) is 18.9. The average Bonchev–Trinajstić information content (AvgIpc) is 3.20. The molecule has 6 atom stereocenters. The highest BCUT2D eigenvalue weighted by molar-refractivity contribution is 6.06. The Morgan fingerprint density at radius 3 is 2.70 bits per heavy atom. The Morgan fingerprint density at radius 1 is 1.20 bits per heavy atom. The van der Waals surface area contributed by atoms with Gasteiger partial charge in [-0.25, -0.2) is 0 Å². The van der Waals surface area contributed by atoms with Crippen molar-refractivity contribution in [3.05, 3.63) is 34.7 Å². The van der Waals surface area contributed by atoms with Crippen molar-refractivity contribution in [1.29, 1.82) is 0 Å². The van der Waals surface area contributed by atoms with Gasteiger partial charge in [0.1, 0.15) is 0 Å².